The van der Waals surface area contributed by atoms with Crippen LogP contribution in [0.4, 0.5) is 0 Å². The monoisotopic (exact) mass is 624 g/mol. The molecular weight excluding hydrogens is 597 g/mol. The number of para-hydroxylation sites is 2. The highest BCUT2D eigenvalue weighted by atomic mass is 15.1. The van der Waals surface area contributed by atoms with Gasteiger partial charge in [-0.25, -0.2) is 15.0 Å². The van der Waals surface area contributed by atoms with Crippen molar-refractivity contribution in [1.82, 2.24) is 19.5 Å². The third-order valence-corrected chi connectivity index (χ3v) is 9.54. The lowest BCUT2D eigenvalue weighted by Crippen LogP contribution is -2.00. The van der Waals surface area contributed by atoms with Gasteiger partial charge in [0.2, 0.25) is 0 Å². The van der Waals surface area contributed by atoms with E-state index in [1.807, 2.05) is 6.07 Å². The van der Waals surface area contributed by atoms with Crippen LogP contribution < -0.4 is 0 Å². The quantitative estimate of drug-likeness (QED) is 0.196. The van der Waals surface area contributed by atoms with Gasteiger partial charge in [0.25, 0.3) is 0 Å². The number of rotatable bonds is 4. The van der Waals surface area contributed by atoms with Crippen molar-refractivity contribution < 1.29 is 0 Å². The Labute approximate surface area is 282 Å². The first-order valence-electron chi connectivity index (χ1n) is 16.5. The Bertz CT molecular complexity index is 2900. The van der Waals surface area contributed by atoms with Crippen molar-refractivity contribution >= 4 is 54.4 Å². The summed E-state index contributed by atoms with van der Waals surface area (Å²) in [7, 11) is 0. The molecule has 4 heteroatoms. The Morgan fingerprint density at radius 1 is 0.347 bits per heavy atom. The summed E-state index contributed by atoms with van der Waals surface area (Å²) < 4.78 is 2.28. The second-order valence-corrected chi connectivity index (χ2v) is 12.5. The second kappa shape index (κ2) is 11.0. The zero-order valence-electron chi connectivity index (χ0n) is 26.5. The highest BCUT2D eigenvalue weighted by molar-refractivity contribution is 5.97. The SMILES string of the molecule is c1ccc2cc(-c3nc4ccc(-c5nc6ccccc6n5-c5cccc6ccccc56)cc4nc3-c3ccc4ccccc4c3)ccc2c1. The smallest absolute Gasteiger partial charge is 0.145 e. The van der Waals surface area contributed by atoms with E-state index in [0.717, 1.165) is 61.7 Å². The van der Waals surface area contributed by atoms with Crippen LogP contribution in [-0.2, 0) is 0 Å². The maximum atomic E-state index is 5.40. The molecular formula is C45H28N4. The number of hydrogen-bond acceptors (Lipinski definition) is 3. The molecule has 10 rings (SSSR count). The van der Waals surface area contributed by atoms with Gasteiger partial charge in [-0.1, -0.05) is 121 Å². The summed E-state index contributed by atoms with van der Waals surface area (Å²) in [6.45, 7) is 0. The average Bonchev–Trinajstić information content (AvgIpc) is 3.56. The molecule has 0 saturated heterocycles. The van der Waals surface area contributed by atoms with Crippen molar-refractivity contribution in [1.29, 1.82) is 0 Å². The molecule has 228 valence electrons. The van der Waals surface area contributed by atoms with Crippen LogP contribution in [0.3, 0.4) is 0 Å². The van der Waals surface area contributed by atoms with E-state index in [-0.39, 0.29) is 0 Å². The summed E-state index contributed by atoms with van der Waals surface area (Å²) in [5, 5.41) is 7.11. The van der Waals surface area contributed by atoms with E-state index in [9.17, 15) is 0 Å². The third kappa shape index (κ3) is 4.57. The summed E-state index contributed by atoms with van der Waals surface area (Å²) in [6, 6.07) is 59.6. The first-order chi connectivity index (χ1) is 24.3. The van der Waals surface area contributed by atoms with Crippen molar-refractivity contribution in [2.75, 3.05) is 0 Å². The second-order valence-electron chi connectivity index (χ2n) is 12.5. The van der Waals surface area contributed by atoms with Gasteiger partial charge in [0.05, 0.1) is 39.1 Å². The Kier molecular flexibility index (Phi) is 6.15. The third-order valence-electron chi connectivity index (χ3n) is 9.54. The lowest BCUT2D eigenvalue weighted by molar-refractivity contribution is 1.11. The minimum absolute atomic E-state index is 0.821. The fourth-order valence-corrected chi connectivity index (χ4v) is 7.14. The molecule has 0 bridgehead atoms. The highest BCUT2D eigenvalue weighted by Gasteiger charge is 2.19. The molecule has 0 atom stereocenters. The van der Waals surface area contributed by atoms with Crippen LogP contribution in [0.15, 0.2) is 170 Å². The number of hydrogen-bond donors (Lipinski definition) is 0. The van der Waals surface area contributed by atoms with Gasteiger partial charge in [0.1, 0.15) is 5.82 Å². The highest BCUT2D eigenvalue weighted by Crippen LogP contribution is 2.37. The van der Waals surface area contributed by atoms with Crippen LogP contribution in [0.1, 0.15) is 0 Å². The van der Waals surface area contributed by atoms with Gasteiger partial charge >= 0.3 is 0 Å². The van der Waals surface area contributed by atoms with Crippen molar-refractivity contribution in [3.8, 4) is 39.6 Å². The summed E-state index contributed by atoms with van der Waals surface area (Å²) in [6.07, 6.45) is 0. The molecule has 2 aromatic heterocycles. The Hall–Kier alpha value is -6.65. The molecule has 0 amide bonds. The zero-order chi connectivity index (χ0) is 32.3. The zero-order valence-corrected chi connectivity index (χ0v) is 26.5. The van der Waals surface area contributed by atoms with Crippen LogP contribution in [0.5, 0.6) is 0 Å². The summed E-state index contributed by atoms with van der Waals surface area (Å²) >= 11 is 0. The first kappa shape index (κ1) is 27.5. The molecule has 8 aromatic carbocycles. The topological polar surface area (TPSA) is 43.6 Å². The molecule has 0 fully saturated rings. The minimum Gasteiger partial charge on any atom is -0.292 e. The van der Waals surface area contributed by atoms with Gasteiger partial charge in [-0.15, -0.1) is 0 Å². The summed E-state index contributed by atoms with van der Waals surface area (Å²) in [4.78, 5) is 15.9. The fourth-order valence-electron chi connectivity index (χ4n) is 7.14. The van der Waals surface area contributed by atoms with Crippen LogP contribution >= 0.6 is 0 Å². The van der Waals surface area contributed by atoms with E-state index < -0.39 is 0 Å². The number of nitrogens with zero attached hydrogens (tertiary/aromatic N) is 4. The fraction of sp³-hybridized carbons (Fsp3) is 0. The van der Waals surface area contributed by atoms with E-state index in [1.165, 1.54) is 32.3 Å². The molecule has 4 nitrogen and oxygen atoms in total. The average molecular weight is 625 g/mol. The van der Waals surface area contributed by atoms with E-state index in [1.54, 1.807) is 0 Å². The number of aromatic nitrogens is 4. The van der Waals surface area contributed by atoms with Crippen molar-refractivity contribution in [3.63, 3.8) is 0 Å². The van der Waals surface area contributed by atoms with Crippen molar-refractivity contribution in [3.05, 3.63) is 170 Å². The lowest BCUT2D eigenvalue weighted by atomic mass is 9.98. The standard InChI is InChI=1S/C45H28N4/c1-3-13-32-26-34(22-20-29(32)10-1)43-44(35-23-21-30-11-2-4-14-33(30)27-35)47-40-28-36(24-25-38(40)46-43)45-48-39-17-7-8-18-42(39)49(45)41-19-9-15-31-12-5-6-16-37(31)41/h1-28H. The maximum absolute atomic E-state index is 5.40. The molecule has 0 saturated carbocycles. The van der Waals surface area contributed by atoms with Crippen LogP contribution in [0.2, 0.25) is 0 Å². The van der Waals surface area contributed by atoms with E-state index in [2.05, 4.69) is 168 Å². The predicted molar refractivity (Wildman–Crippen MR) is 203 cm³/mol. The molecule has 0 unspecified atom stereocenters. The number of imidazole rings is 1. The number of fused-ring (bicyclic) bond motifs is 5. The van der Waals surface area contributed by atoms with E-state index in [0.29, 0.717) is 0 Å². The van der Waals surface area contributed by atoms with Crippen molar-refractivity contribution in [2.45, 2.75) is 0 Å². The maximum Gasteiger partial charge on any atom is 0.145 e. The van der Waals surface area contributed by atoms with Gasteiger partial charge in [-0.2, -0.15) is 0 Å². The van der Waals surface area contributed by atoms with Crippen molar-refractivity contribution in [2.24, 2.45) is 0 Å². The van der Waals surface area contributed by atoms with Gasteiger partial charge in [-0.05, 0) is 75.5 Å². The van der Waals surface area contributed by atoms with Gasteiger partial charge in [0.15, 0.2) is 0 Å². The molecule has 0 spiro atoms. The van der Waals surface area contributed by atoms with Crippen LogP contribution in [0, 0.1) is 0 Å². The number of benzene rings is 8. The van der Waals surface area contributed by atoms with Gasteiger partial charge < -0.3 is 0 Å². The molecule has 49 heavy (non-hydrogen) atoms. The molecule has 2 heterocycles. The van der Waals surface area contributed by atoms with Crippen LogP contribution in [-0.4, -0.2) is 19.5 Å². The Morgan fingerprint density at radius 3 is 1.65 bits per heavy atom. The van der Waals surface area contributed by atoms with Gasteiger partial charge in [0, 0.05) is 22.1 Å². The molecule has 0 N–H and O–H groups in total. The minimum atomic E-state index is 0.821. The summed E-state index contributed by atoms with van der Waals surface area (Å²) in [5.74, 6) is 0.868. The van der Waals surface area contributed by atoms with Gasteiger partial charge in [-0.3, -0.25) is 4.57 Å². The normalized spacial score (nSPS) is 11.7. The molecule has 0 aliphatic heterocycles. The lowest BCUT2D eigenvalue weighted by Gasteiger charge is -2.14. The predicted octanol–water partition coefficient (Wildman–Crippen LogP) is 11.4. The molecule has 10 aromatic rings. The Morgan fingerprint density at radius 2 is 0.918 bits per heavy atom. The summed E-state index contributed by atoms with van der Waals surface area (Å²) in [5.41, 5.74) is 9.53. The van der Waals surface area contributed by atoms with E-state index in [4.69, 9.17) is 15.0 Å². The largest absolute Gasteiger partial charge is 0.292 e. The molecule has 0 radical (unpaired) electrons. The Balaban J connectivity index is 1.21. The van der Waals surface area contributed by atoms with E-state index >= 15 is 0 Å². The van der Waals surface area contributed by atoms with Crippen LogP contribution in [0.25, 0.3) is 94.0 Å². The molecule has 0 aliphatic carbocycles. The first-order valence-corrected chi connectivity index (χ1v) is 16.5. The molecule has 0 aliphatic rings.